The van der Waals surface area contributed by atoms with Gasteiger partial charge in [-0.15, -0.1) is 0 Å². The average Bonchev–Trinajstić information content (AvgIpc) is 3.66. The fourth-order valence-corrected chi connectivity index (χ4v) is 10.8. The third-order valence-corrected chi connectivity index (χ3v) is 27.6. The molecule has 0 saturated carbocycles. The van der Waals surface area contributed by atoms with Crippen molar-refractivity contribution in [2.75, 3.05) is 26.4 Å². The van der Waals surface area contributed by atoms with E-state index in [2.05, 4.69) is 102 Å². The fourth-order valence-electron chi connectivity index (χ4n) is 7.24. The molecule has 3 heterocycles. The predicted molar refractivity (Wildman–Crippen MR) is 248 cm³/mol. The molecule has 6 rings (SSSR count). The lowest BCUT2D eigenvalue weighted by Crippen LogP contribution is -2.68. The zero-order valence-electron chi connectivity index (χ0n) is 39.5. The van der Waals surface area contributed by atoms with Crippen LogP contribution in [0.2, 0.25) is 54.4 Å². The number of hydrogen-bond donors (Lipinski definition) is 1. The van der Waals surface area contributed by atoms with E-state index in [0.717, 1.165) is 22.3 Å². The Kier molecular flexibility index (Phi) is 13.5. The van der Waals surface area contributed by atoms with Crippen LogP contribution in [-0.2, 0) is 43.3 Å². The highest BCUT2D eigenvalue weighted by atomic mass is 28.4. The van der Waals surface area contributed by atoms with Crippen LogP contribution in [0.3, 0.4) is 0 Å². The van der Waals surface area contributed by atoms with Crippen LogP contribution in [0.15, 0.2) is 54.6 Å². The second-order valence-corrected chi connectivity index (χ2v) is 36.1. The molecule has 338 valence electrons. The molecule has 3 aromatic carbocycles. The standard InChI is InChI=1S/C48H73FO9Si3/c1-45(2,3)59(10,11)55-31-39-40(49)43(57-60(12,13)46(4,5)6)44(58-61(14,15)47(7,8)9)48(50,56-39)36-29-34(27-33-21-22-37-38(28-33)52-26-25-51-37)41-35(23-24-53-41)42(36)54-30-32-19-17-16-18-20-32/h16-22,28-29,39-40,43-44,50H,23-27,30-31H2,1-15H3/t39-,40-,43+,44-,48?/m1/s1. The Labute approximate surface area is 368 Å². The number of alkyl halides is 1. The maximum Gasteiger partial charge on any atom is 0.225 e. The quantitative estimate of drug-likeness (QED) is 0.168. The zero-order chi connectivity index (χ0) is 45.0. The Morgan fingerprint density at radius 1 is 0.721 bits per heavy atom. The molecular formula is C48H73FO9Si3. The van der Waals surface area contributed by atoms with Crippen molar-refractivity contribution in [3.63, 3.8) is 0 Å². The maximum absolute atomic E-state index is 17.9. The number of halogens is 1. The number of hydrogen-bond acceptors (Lipinski definition) is 9. The van der Waals surface area contributed by atoms with Gasteiger partial charge in [0.15, 0.2) is 42.6 Å². The van der Waals surface area contributed by atoms with Crippen LogP contribution >= 0.6 is 0 Å². The van der Waals surface area contributed by atoms with E-state index in [-0.39, 0.29) is 28.3 Å². The van der Waals surface area contributed by atoms with Gasteiger partial charge in [0.1, 0.15) is 49.6 Å². The Morgan fingerprint density at radius 2 is 1.33 bits per heavy atom. The third-order valence-electron chi connectivity index (χ3n) is 14.2. The Hall–Kier alpha value is -2.76. The van der Waals surface area contributed by atoms with Crippen LogP contribution in [0.4, 0.5) is 4.39 Å². The van der Waals surface area contributed by atoms with Crippen molar-refractivity contribution < 1.29 is 46.5 Å². The molecule has 0 bridgehead atoms. The van der Waals surface area contributed by atoms with E-state index in [0.29, 0.717) is 61.2 Å². The van der Waals surface area contributed by atoms with Gasteiger partial charge in [-0.25, -0.2) is 4.39 Å². The van der Waals surface area contributed by atoms with Gasteiger partial charge in [0.2, 0.25) is 5.79 Å². The molecule has 3 aliphatic heterocycles. The minimum absolute atomic E-state index is 0.0670. The van der Waals surface area contributed by atoms with E-state index in [1.807, 2.05) is 54.6 Å². The van der Waals surface area contributed by atoms with Gasteiger partial charge in [-0.05, 0) is 89.3 Å². The highest BCUT2D eigenvalue weighted by molar-refractivity contribution is 6.75. The number of benzene rings is 3. The van der Waals surface area contributed by atoms with E-state index in [1.54, 1.807) is 0 Å². The molecule has 1 fully saturated rings. The van der Waals surface area contributed by atoms with Gasteiger partial charge in [-0.1, -0.05) is 98.7 Å². The van der Waals surface area contributed by atoms with Gasteiger partial charge in [0.25, 0.3) is 0 Å². The van der Waals surface area contributed by atoms with E-state index in [1.165, 1.54) is 0 Å². The number of fused-ring (bicyclic) bond motifs is 2. The van der Waals surface area contributed by atoms with Gasteiger partial charge in [-0.2, -0.15) is 0 Å². The first-order chi connectivity index (χ1) is 28.2. The lowest BCUT2D eigenvalue weighted by molar-refractivity contribution is -0.344. The summed E-state index contributed by atoms with van der Waals surface area (Å²) in [4.78, 5) is 0. The van der Waals surface area contributed by atoms with Gasteiger partial charge in [0, 0.05) is 18.4 Å². The van der Waals surface area contributed by atoms with E-state index >= 15 is 4.39 Å². The summed E-state index contributed by atoms with van der Waals surface area (Å²) in [6.07, 6.45) is -4.36. The Morgan fingerprint density at radius 3 is 1.95 bits per heavy atom. The predicted octanol–water partition coefficient (Wildman–Crippen LogP) is 11.2. The van der Waals surface area contributed by atoms with Crippen molar-refractivity contribution >= 4 is 25.0 Å². The summed E-state index contributed by atoms with van der Waals surface area (Å²) in [5, 5.41) is 13.3. The van der Waals surface area contributed by atoms with E-state index in [4.69, 9.17) is 37.0 Å². The summed E-state index contributed by atoms with van der Waals surface area (Å²) in [7, 11) is -7.91. The molecule has 1 unspecified atom stereocenters. The molecule has 0 spiro atoms. The molecule has 0 amide bonds. The van der Waals surface area contributed by atoms with Crippen molar-refractivity contribution in [1.29, 1.82) is 0 Å². The highest BCUT2D eigenvalue weighted by Gasteiger charge is 2.62. The number of rotatable bonds is 13. The van der Waals surface area contributed by atoms with Gasteiger partial charge in [0.05, 0.1) is 18.8 Å². The first-order valence-electron chi connectivity index (χ1n) is 22.1. The fraction of sp³-hybridized carbons (Fsp3) is 0.625. The third kappa shape index (κ3) is 9.99. The summed E-state index contributed by atoms with van der Waals surface area (Å²) < 4.78 is 71.3. The van der Waals surface area contributed by atoms with Gasteiger partial charge in [-0.3, -0.25) is 0 Å². The molecule has 0 aliphatic carbocycles. The van der Waals surface area contributed by atoms with Gasteiger partial charge >= 0.3 is 0 Å². The largest absolute Gasteiger partial charge is 0.493 e. The molecule has 5 atom stereocenters. The number of aliphatic hydroxyl groups is 1. The summed E-state index contributed by atoms with van der Waals surface area (Å²) in [5.74, 6) is 0.291. The lowest BCUT2D eigenvalue weighted by Gasteiger charge is -2.54. The molecule has 1 N–H and O–H groups in total. The molecule has 3 aliphatic rings. The summed E-state index contributed by atoms with van der Waals surface area (Å²) in [6.45, 7) is 33.6. The van der Waals surface area contributed by atoms with Crippen molar-refractivity contribution in [3.8, 4) is 23.0 Å². The van der Waals surface area contributed by atoms with E-state index < -0.39 is 55.2 Å². The summed E-state index contributed by atoms with van der Waals surface area (Å²) >= 11 is 0. The monoisotopic (exact) mass is 896 g/mol. The molecule has 9 nitrogen and oxygen atoms in total. The SMILES string of the molecule is CC(C)(C)[Si](C)(C)OC[C@H]1OC(O)(c2cc(Cc3ccc4c(c3)OCCO4)c3c(c2OCc2ccccc2)CCO3)[C@H](O[Si](C)(C)C(C)(C)C)[C@@H](O[Si](C)(C)C(C)(C)C)[C@@H]1F. The van der Waals surface area contributed by atoms with Crippen molar-refractivity contribution in [1.82, 2.24) is 0 Å². The topological polar surface area (TPSA) is 94.1 Å². The Balaban J connectivity index is 1.59. The number of ether oxygens (including phenoxy) is 5. The van der Waals surface area contributed by atoms with Gasteiger partial charge < -0.3 is 42.1 Å². The lowest BCUT2D eigenvalue weighted by atomic mass is 9.85. The first-order valence-corrected chi connectivity index (χ1v) is 30.8. The first kappa shape index (κ1) is 47.7. The summed E-state index contributed by atoms with van der Waals surface area (Å²) in [5.41, 5.74) is 3.93. The average molecular weight is 897 g/mol. The van der Waals surface area contributed by atoms with Crippen LogP contribution in [0.1, 0.15) is 90.1 Å². The molecular weight excluding hydrogens is 824 g/mol. The molecule has 3 aromatic rings. The highest BCUT2D eigenvalue weighted by Crippen LogP contribution is 2.53. The normalized spacial score (nSPS) is 23.7. The van der Waals surface area contributed by atoms with Crippen molar-refractivity contribution in [2.24, 2.45) is 0 Å². The van der Waals surface area contributed by atoms with Crippen LogP contribution < -0.4 is 18.9 Å². The van der Waals surface area contributed by atoms with Crippen molar-refractivity contribution in [3.05, 3.63) is 82.4 Å². The van der Waals surface area contributed by atoms with Crippen molar-refractivity contribution in [2.45, 2.75) is 166 Å². The Bertz CT molecular complexity index is 2000. The summed E-state index contributed by atoms with van der Waals surface area (Å²) in [6, 6.07) is 17.8. The molecule has 0 aromatic heterocycles. The molecule has 1 saturated heterocycles. The van der Waals surface area contributed by atoms with E-state index in [9.17, 15) is 5.11 Å². The molecule has 61 heavy (non-hydrogen) atoms. The van der Waals surface area contributed by atoms with Crippen LogP contribution in [-0.4, -0.2) is 81.0 Å². The van der Waals surface area contributed by atoms with Crippen LogP contribution in [0.25, 0.3) is 0 Å². The second kappa shape index (κ2) is 17.3. The molecule has 13 heteroatoms. The van der Waals surface area contributed by atoms with Crippen LogP contribution in [0, 0.1) is 0 Å². The smallest absolute Gasteiger partial charge is 0.225 e. The minimum atomic E-state index is -2.79. The zero-order valence-corrected chi connectivity index (χ0v) is 42.5. The minimum Gasteiger partial charge on any atom is -0.493 e. The second-order valence-electron chi connectivity index (χ2n) is 21.8. The maximum atomic E-state index is 17.9. The molecule has 0 radical (unpaired) electrons. The van der Waals surface area contributed by atoms with Crippen LogP contribution in [0.5, 0.6) is 23.0 Å².